The molecule has 0 amide bonds. The zero-order chi connectivity index (χ0) is 9.68. The number of rotatable bonds is 5. The van der Waals surface area contributed by atoms with E-state index in [1.807, 2.05) is 0 Å². The van der Waals surface area contributed by atoms with Crippen molar-refractivity contribution in [2.24, 2.45) is 5.73 Å². The minimum absolute atomic E-state index is 0.677. The SMILES string of the molecule is CCN1CCC[C@H]1N(C)CCCN. The van der Waals surface area contributed by atoms with Crippen molar-refractivity contribution in [3.8, 4) is 0 Å². The van der Waals surface area contributed by atoms with Gasteiger partial charge in [0.25, 0.3) is 0 Å². The summed E-state index contributed by atoms with van der Waals surface area (Å²) in [6, 6.07) is 0. The first-order valence-electron chi connectivity index (χ1n) is 5.44. The average molecular weight is 185 g/mol. The molecule has 13 heavy (non-hydrogen) atoms. The van der Waals surface area contributed by atoms with Crippen molar-refractivity contribution in [2.45, 2.75) is 32.4 Å². The van der Waals surface area contributed by atoms with Crippen molar-refractivity contribution in [1.82, 2.24) is 9.80 Å². The molecule has 1 aliphatic heterocycles. The molecule has 1 atom stereocenters. The first-order valence-corrected chi connectivity index (χ1v) is 5.44. The summed E-state index contributed by atoms with van der Waals surface area (Å²) in [6.45, 7) is 6.64. The van der Waals surface area contributed by atoms with E-state index >= 15 is 0 Å². The summed E-state index contributed by atoms with van der Waals surface area (Å²) < 4.78 is 0. The topological polar surface area (TPSA) is 32.5 Å². The minimum atomic E-state index is 0.677. The summed E-state index contributed by atoms with van der Waals surface area (Å²) in [5, 5.41) is 0. The summed E-state index contributed by atoms with van der Waals surface area (Å²) in [6.07, 6.45) is 4.47. The third-order valence-corrected chi connectivity index (χ3v) is 2.96. The summed E-state index contributed by atoms with van der Waals surface area (Å²) in [5.41, 5.74) is 5.50. The van der Waals surface area contributed by atoms with Gasteiger partial charge in [-0.2, -0.15) is 0 Å². The van der Waals surface area contributed by atoms with Crippen LogP contribution in [0.1, 0.15) is 26.2 Å². The smallest absolute Gasteiger partial charge is 0.0620 e. The zero-order valence-corrected chi connectivity index (χ0v) is 9.00. The molecule has 0 radical (unpaired) electrons. The second kappa shape index (κ2) is 5.58. The van der Waals surface area contributed by atoms with Crippen LogP contribution in [0.2, 0.25) is 0 Å². The zero-order valence-electron chi connectivity index (χ0n) is 9.00. The molecule has 1 saturated heterocycles. The first-order chi connectivity index (χ1) is 6.29. The van der Waals surface area contributed by atoms with Gasteiger partial charge in [0.2, 0.25) is 0 Å². The number of hydrogen-bond donors (Lipinski definition) is 1. The van der Waals surface area contributed by atoms with Crippen molar-refractivity contribution in [2.75, 3.05) is 33.2 Å². The maximum Gasteiger partial charge on any atom is 0.0620 e. The van der Waals surface area contributed by atoms with Crippen molar-refractivity contribution >= 4 is 0 Å². The summed E-state index contributed by atoms with van der Waals surface area (Å²) in [4.78, 5) is 5.00. The van der Waals surface area contributed by atoms with Gasteiger partial charge in [0.05, 0.1) is 6.17 Å². The molecule has 3 nitrogen and oxygen atoms in total. The highest BCUT2D eigenvalue weighted by Gasteiger charge is 2.25. The van der Waals surface area contributed by atoms with Gasteiger partial charge in [-0.25, -0.2) is 0 Å². The lowest BCUT2D eigenvalue weighted by molar-refractivity contribution is 0.102. The van der Waals surface area contributed by atoms with Gasteiger partial charge in [-0.05, 0) is 45.9 Å². The van der Waals surface area contributed by atoms with E-state index in [0.717, 1.165) is 19.5 Å². The Hall–Kier alpha value is -0.120. The van der Waals surface area contributed by atoms with E-state index in [9.17, 15) is 0 Å². The lowest BCUT2D eigenvalue weighted by Crippen LogP contribution is -2.43. The Balaban J connectivity index is 2.31. The lowest BCUT2D eigenvalue weighted by atomic mass is 10.3. The maximum atomic E-state index is 5.50. The Labute approximate surface area is 81.9 Å². The largest absolute Gasteiger partial charge is 0.330 e. The molecule has 0 spiro atoms. The summed E-state index contributed by atoms with van der Waals surface area (Å²) >= 11 is 0. The van der Waals surface area contributed by atoms with Crippen molar-refractivity contribution < 1.29 is 0 Å². The Kier molecular flexibility index (Phi) is 4.70. The number of nitrogens with two attached hydrogens (primary N) is 1. The van der Waals surface area contributed by atoms with Crippen LogP contribution in [-0.4, -0.2) is 49.2 Å². The highest BCUT2D eigenvalue weighted by Crippen LogP contribution is 2.18. The summed E-state index contributed by atoms with van der Waals surface area (Å²) in [7, 11) is 2.22. The molecule has 1 rings (SSSR count). The lowest BCUT2D eigenvalue weighted by Gasteiger charge is -2.31. The van der Waals surface area contributed by atoms with Crippen LogP contribution in [0.25, 0.3) is 0 Å². The van der Waals surface area contributed by atoms with Gasteiger partial charge >= 0.3 is 0 Å². The monoisotopic (exact) mass is 185 g/mol. The standard InChI is InChI=1S/C10H23N3/c1-3-13-9-4-6-10(13)12(2)8-5-7-11/h10H,3-9,11H2,1-2H3/t10-/m0/s1. The minimum Gasteiger partial charge on any atom is -0.330 e. The molecular weight excluding hydrogens is 162 g/mol. The van der Waals surface area contributed by atoms with Crippen LogP contribution in [0.3, 0.4) is 0 Å². The highest BCUT2D eigenvalue weighted by atomic mass is 15.3. The van der Waals surface area contributed by atoms with E-state index in [4.69, 9.17) is 5.73 Å². The van der Waals surface area contributed by atoms with Crippen molar-refractivity contribution in [3.05, 3.63) is 0 Å². The fraction of sp³-hybridized carbons (Fsp3) is 1.00. The molecule has 0 aromatic rings. The Morgan fingerprint density at radius 1 is 1.54 bits per heavy atom. The molecule has 0 saturated carbocycles. The fourth-order valence-electron chi connectivity index (χ4n) is 2.17. The molecule has 0 aliphatic carbocycles. The van der Waals surface area contributed by atoms with Crippen LogP contribution < -0.4 is 5.73 Å². The van der Waals surface area contributed by atoms with E-state index < -0.39 is 0 Å². The second-order valence-electron chi connectivity index (χ2n) is 3.87. The molecular formula is C10H23N3. The van der Waals surface area contributed by atoms with Gasteiger partial charge in [-0.1, -0.05) is 6.92 Å². The molecule has 3 heteroatoms. The van der Waals surface area contributed by atoms with E-state index in [0.29, 0.717) is 6.17 Å². The molecule has 1 heterocycles. The number of likely N-dealkylation sites (tertiary alicyclic amines) is 1. The maximum absolute atomic E-state index is 5.50. The molecule has 0 aromatic carbocycles. The van der Waals surface area contributed by atoms with Crippen LogP contribution in [0.15, 0.2) is 0 Å². The van der Waals surface area contributed by atoms with Gasteiger partial charge < -0.3 is 5.73 Å². The van der Waals surface area contributed by atoms with Crippen LogP contribution in [0, 0.1) is 0 Å². The van der Waals surface area contributed by atoms with Crippen molar-refractivity contribution in [1.29, 1.82) is 0 Å². The predicted molar refractivity (Wildman–Crippen MR) is 56.6 cm³/mol. The second-order valence-corrected chi connectivity index (χ2v) is 3.87. The van der Waals surface area contributed by atoms with Gasteiger partial charge in [-0.15, -0.1) is 0 Å². The van der Waals surface area contributed by atoms with Gasteiger partial charge in [0.15, 0.2) is 0 Å². The molecule has 0 bridgehead atoms. The van der Waals surface area contributed by atoms with Gasteiger partial charge in [-0.3, -0.25) is 9.80 Å². The highest BCUT2D eigenvalue weighted by molar-refractivity contribution is 4.77. The predicted octanol–water partition coefficient (Wildman–Crippen LogP) is 0.709. The Bertz CT molecular complexity index is 138. The first kappa shape index (κ1) is 11.0. The van der Waals surface area contributed by atoms with Crippen molar-refractivity contribution in [3.63, 3.8) is 0 Å². The third kappa shape index (κ3) is 2.93. The average Bonchev–Trinajstić information content (AvgIpc) is 2.61. The molecule has 1 fully saturated rings. The number of nitrogens with zero attached hydrogens (tertiary/aromatic N) is 2. The van der Waals surface area contributed by atoms with Crippen LogP contribution in [0.5, 0.6) is 0 Å². The molecule has 0 aromatic heterocycles. The quantitative estimate of drug-likeness (QED) is 0.684. The molecule has 78 valence electrons. The number of hydrogen-bond acceptors (Lipinski definition) is 3. The third-order valence-electron chi connectivity index (χ3n) is 2.96. The molecule has 0 unspecified atom stereocenters. The van der Waals surface area contributed by atoms with Crippen LogP contribution in [0.4, 0.5) is 0 Å². The van der Waals surface area contributed by atoms with E-state index in [-0.39, 0.29) is 0 Å². The van der Waals surface area contributed by atoms with E-state index in [1.165, 1.54) is 25.9 Å². The normalized spacial score (nSPS) is 24.5. The molecule has 1 aliphatic rings. The van der Waals surface area contributed by atoms with E-state index in [1.54, 1.807) is 0 Å². The fourth-order valence-corrected chi connectivity index (χ4v) is 2.17. The Morgan fingerprint density at radius 3 is 2.92 bits per heavy atom. The van der Waals surface area contributed by atoms with E-state index in [2.05, 4.69) is 23.8 Å². The Morgan fingerprint density at radius 2 is 2.31 bits per heavy atom. The van der Waals surface area contributed by atoms with Crippen LogP contribution >= 0.6 is 0 Å². The van der Waals surface area contributed by atoms with Gasteiger partial charge in [0.1, 0.15) is 0 Å². The van der Waals surface area contributed by atoms with Crippen LogP contribution in [-0.2, 0) is 0 Å². The summed E-state index contributed by atoms with van der Waals surface area (Å²) in [5.74, 6) is 0. The van der Waals surface area contributed by atoms with Gasteiger partial charge in [0, 0.05) is 6.54 Å². The molecule has 2 N–H and O–H groups in total.